The summed E-state index contributed by atoms with van der Waals surface area (Å²) in [7, 11) is 0. The van der Waals surface area contributed by atoms with Crippen molar-refractivity contribution in [3.8, 4) is 5.75 Å². The molecular weight excluding hydrogens is 287 g/mol. The fourth-order valence-electron chi connectivity index (χ4n) is 3.51. The normalized spacial score (nSPS) is 17.6. The minimum Gasteiger partial charge on any atom is -0.508 e. The Morgan fingerprint density at radius 3 is 2.29 bits per heavy atom. The molecule has 110 valence electrons. The molecule has 0 spiro atoms. The maximum Gasteiger partial charge on any atom is 0.127 e. The Morgan fingerprint density at radius 2 is 1.62 bits per heavy atom. The average Bonchev–Trinajstić information content (AvgIpc) is 2.51. The van der Waals surface area contributed by atoms with Crippen LogP contribution in [0.4, 0.5) is 4.39 Å². The van der Waals surface area contributed by atoms with Gasteiger partial charge in [0.2, 0.25) is 0 Å². The number of hydrogen-bond acceptors (Lipinski definition) is 1. The highest BCUT2D eigenvalue weighted by molar-refractivity contribution is 6.30. The molecule has 0 amide bonds. The van der Waals surface area contributed by atoms with E-state index in [0.717, 1.165) is 31.2 Å². The van der Waals surface area contributed by atoms with Gasteiger partial charge >= 0.3 is 0 Å². The van der Waals surface area contributed by atoms with E-state index in [1.807, 2.05) is 12.1 Å². The highest BCUT2D eigenvalue weighted by Gasteiger charge is 2.37. The first-order valence-corrected chi connectivity index (χ1v) is 7.75. The van der Waals surface area contributed by atoms with Crippen molar-refractivity contribution in [1.82, 2.24) is 0 Å². The van der Waals surface area contributed by atoms with Gasteiger partial charge in [-0.1, -0.05) is 43.0 Å². The summed E-state index contributed by atoms with van der Waals surface area (Å²) in [6, 6.07) is 12.0. The summed E-state index contributed by atoms with van der Waals surface area (Å²) in [5.41, 5.74) is 1.41. The van der Waals surface area contributed by atoms with E-state index in [4.69, 9.17) is 11.6 Å². The molecular formula is C18H18ClFO. The Hall–Kier alpha value is -1.54. The maximum atomic E-state index is 14.5. The Kier molecular flexibility index (Phi) is 3.90. The molecule has 0 unspecified atom stereocenters. The second-order valence-electron chi connectivity index (χ2n) is 5.81. The first kappa shape index (κ1) is 14.4. The van der Waals surface area contributed by atoms with Gasteiger partial charge in [-0.15, -0.1) is 0 Å². The maximum absolute atomic E-state index is 14.5. The highest BCUT2D eigenvalue weighted by atomic mass is 35.5. The van der Waals surface area contributed by atoms with Crippen LogP contribution in [0.3, 0.4) is 0 Å². The third kappa shape index (κ3) is 2.65. The van der Waals surface area contributed by atoms with Crippen LogP contribution in [0.25, 0.3) is 0 Å². The van der Waals surface area contributed by atoms with E-state index in [2.05, 4.69) is 0 Å². The number of aromatic hydroxyl groups is 1. The van der Waals surface area contributed by atoms with E-state index < -0.39 is 0 Å². The second-order valence-corrected chi connectivity index (χ2v) is 6.25. The summed E-state index contributed by atoms with van der Waals surface area (Å²) in [5, 5.41) is 10.1. The molecule has 1 nitrogen and oxygen atoms in total. The van der Waals surface area contributed by atoms with Gasteiger partial charge in [0, 0.05) is 10.4 Å². The molecule has 0 aliphatic heterocycles. The van der Waals surface area contributed by atoms with E-state index in [1.54, 1.807) is 24.3 Å². The average molecular weight is 305 g/mol. The van der Waals surface area contributed by atoms with Crippen LogP contribution < -0.4 is 0 Å². The van der Waals surface area contributed by atoms with Gasteiger partial charge in [-0.2, -0.15) is 0 Å². The molecule has 2 aromatic carbocycles. The van der Waals surface area contributed by atoms with Crippen molar-refractivity contribution >= 4 is 11.6 Å². The largest absolute Gasteiger partial charge is 0.508 e. The van der Waals surface area contributed by atoms with Gasteiger partial charge in [0.1, 0.15) is 11.6 Å². The molecule has 0 atom stereocenters. The molecule has 1 N–H and O–H groups in total. The van der Waals surface area contributed by atoms with Crippen molar-refractivity contribution in [3.63, 3.8) is 0 Å². The summed E-state index contributed by atoms with van der Waals surface area (Å²) in [4.78, 5) is 0. The van der Waals surface area contributed by atoms with Crippen LogP contribution in [0.2, 0.25) is 5.02 Å². The lowest BCUT2D eigenvalue weighted by atomic mass is 9.65. The number of phenols is 1. The summed E-state index contributed by atoms with van der Waals surface area (Å²) in [5.74, 6) is 0.0330. The highest BCUT2D eigenvalue weighted by Crippen LogP contribution is 2.46. The molecule has 0 radical (unpaired) electrons. The van der Waals surface area contributed by atoms with Gasteiger partial charge in [-0.3, -0.25) is 0 Å². The number of halogens is 2. The third-order valence-electron chi connectivity index (χ3n) is 4.57. The van der Waals surface area contributed by atoms with Crippen molar-refractivity contribution in [2.75, 3.05) is 0 Å². The molecule has 1 saturated carbocycles. The molecule has 0 aromatic heterocycles. The van der Waals surface area contributed by atoms with Crippen molar-refractivity contribution in [2.24, 2.45) is 0 Å². The van der Waals surface area contributed by atoms with Crippen molar-refractivity contribution in [2.45, 2.75) is 37.5 Å². The predicted octanol–water partition coefficient (Wildman–Crippen LogP) is 5.43. The lowest BCUT2D eigenvalue weighted by Gasteiger charge is -2.39. The van der Waals surface area contributed by atoms with Crippen LogP contribution in [-0.4, -0.2) is 5.11 Å². The van der Waals surface area contributed by atoms with E-state index in [0.29, 0.717) is 10.6 Å². The minimum atomic E-state index is -0.332. The molecule has 0 bridgehead atoms. The first-order valence-electron chi connectivity index (χ1n) is 7.37. The van der Waals surface area contributed by atoms with Crippen LogP contribution in [0.15, 0.2) is 42.5 Å². The Labute approximate surface area is 129 Å². The fourth-order valence-corrected chi connectivity index (χ4v) is 3.69. The van der Waals surface area contributed by atoms with Crippen molar-refractivity contribution < 1.29 is 9.50 Å². The smallest absolute Gasteiger partial charge is 0.127 e. The fraction of sp³-hybridized carbons (Fsp3) is 0.333. The molecule has 1 aliphatic carbocycles. The summed E-state index contributed by atoms with van der Waals surface area (Å²) >= 11 is 6.10. The lowest BCUT2D eigenvalue weighted by Crippen LogP contribution is -2.31. The van der Waals surface area contributed by atoms with Gasteiger partial charge in [-0.05, 0) is 54.3 Å². The zero-order chi connectivity index (χ0) is 14.9. The molecule has 21 heavy (non-hydrogen) atoms. The van der Waals surface area contributed by atoms with Crippen LogP contribution in [0, 0.1) is 5.82 Å². The van der Waals surface area contributed by atoms with Gasteiger partial charge in [-0.25, -0.2) is 4.39 Å². The second kappa shape index (κ2) is 5.69. The molecule has 3 heteroatoms. The topological polar surface area (TPSA) is 20.2 Å². The van der Waals surface area contributed by atoms with Gasteiger partial charge in [0.25, 0.3) is 0 Å². The zero-order valence-electron chi connectivity index (χ0n) is 11.8. The van der Waals surface area contributed by atoms with E-state index in [1.165, 1.54) is 12.5 Å². The Morgan fingerprint density at radius 1 is 0.952 bits per heavy atom. The van der Waals surface area contributed by atoms with Gasteiger partial charge in [0.05, 0.1) is 0 Å². The van der Waals surface area contributed by atoms with Crippen LogP contribution in [0.1, 0.15) is 43.2 Å². The standard InChI is InChI=1S/C18H18ClFO/c19-14-6-9-17(20)16(12-14)18(10-2-1-3-11-18)13-4-7-15(21)8-5-13/h4-9,12,21H,1-3,10-11H2. The van der Waals surface area contributed by atoms with Gasteiger partial charge in [0.15, 0.2) is 0 Å². The molecule has 0 heterocycles. The zero-order valence-corrected chi connectivity index (χ0v) is 12.5. The summed E-state index contributed by atoms with van der Waals surface area (Å²) < 4.78 is 14.5. The summed E-state index contributed by atoms with van der Waals surface area (Å²) in [6.45, 7) is 0. The first-order chi connectivity index (χ1) is 10.1. The SMILES string of the molecule is Oc1ccc(C2(c3cc(Cl)ccc3F)CCCCC2)cc1. The third-order valence-corrected chi connectivity index (χ3v) is 4.81. The van der Waals surface area contributed by atoms with E-state index in [9.17, 15) is 9.50 Å². The Bertz CT molecular complexity index is 630. The van der Waals surface area contributed by atoms with Crippen molar-refractivity contribution in [1.29, 1.82) is 0 Å². The van der Waals surface area contributed by atoms with Crippen molar-refractivity contribution in [3.05, 3.63) is 64.4 Å². The van der Waals surface area contributed by atoms with Crippen LogP contribution >= 0.6 is 11.6 Å². The quantitative estimate of drug-likeness (QED) is 0.784. The lowest BCUT2D eigenvalue weighted by molar-refractivity contribution is 0.335. The monoisotopic (exact) mass is 304 g/mol. The van der Waals surface area contributed by atoms with E-state index >= 15 is 0 Å². The number of phenolic OH excluding ortho intramolecular Hbond substituents is 1. The molecule has 1 aliphatic rings. The molecule has 2 aromatic rings. The summed E-state index contributed by atoms with van der Waals surface area (Å²) in [6.07, 6.45) is 5.16. The number of hydrogen-bond donors (Lipinski definition) is 1. The molecule has 0 saturated heterocycles. The minimum absolute atomic E-state index is 0.200. The number of benzene rings is 2. The van der Waals surface area contributed by atoms with E-state index in [-0.39, 0.29) is 17.0 Å². The van der Waals surface area contributed by atoms with Gasteiger partial charge < -0.3 is 5.11 Å². The predicted molar refractivity (Wildman–Crippen MR) is 83.4 cm³/mol. The molecule has 1 fully saturated rings. The Balaban J connectivity index is 2.16. The van der Waals surface area contributed by atoms with Crippen LogP contribution in [0.5, 0.6) is 5.75 Å². The van der Waals surface area contributed by atoms with Crippen LogP contribution in [-0.2, 0) is 5.41 Å². The molecule has 3 rings (SSSR count). The number of rotatable bonds is 2.